The molecule has 1 aliphatic rings. The molecule has 0 bridgehead atoms. The second-order valence-electron chi connectivity index (χ2n) is 14.5. The van der Waals surface area contributed by atoms with E-state index in [0.717, 1.165) is 57.9 Å². The summed E-state index contributed by atoms with van der Waals surface area (Å²) >= 11 is 0. The second kappa shape index (κ2) is 13.2. The van der Waals surface area contributed by atoms with Crippen molar-refractivity contribution in [2.75, 3.05) is 0 Å². The Labute approximate surface area is 325 Å². The summed E-state index contributed by atoms with van der Waals surface area (Å²) in [4.78, 5) is 10.6. The Morgan fingerprint density at radius 2 is 0.929 bits per heavy atom. The number of fused-ring (bicyclic) bond motifs is 6. The van der Waals surface area contributed by atoms with Gasteiger partial charge in [-0.1, -0.05) is 140 Å². The maximum absolute atomic E-state index is 5.36. The summed E-state index contributed by atoms with van der Waals surface area (Å²) in [6.45, 7) is 0. The number of para-hydroxylation sites is 3. The predicted octanol–water partition coefficient (Wildman–Crippen LogP) is 13.1. The van der Waals surface area contributed by atoms with Crippen LogP contribution in [-0.2, 0) is 6.42 Å². The molecule has 0 amide bonds. The van der Waals surface area contributed by atoms with Gasteiger partial charge in [0.2, 0.25) is 0 Å². The smallest absolute Gasteiger partial charge is 0.160 e. The first-order valence-corrected chi connectivity index (χ1v) is 19.3. The third-order valence-electron chi connectivity index (χ3n) is 11.2. The molecule has 1 aliphatic carbocycles. The van der Waals surface area contributed by atoms with Crippen molar-refractivity contribution in [1.82, 2.24) is 19.1 Å². The van der Waals surface area contributed by atoms with E-state index in [1.54, 1.807) is 0 Å². The van der Waals surface area contributed by atoms with Crippen LogP contribution >= 0.6 is 0 Å². The highest BCUT2D eigenvalue weighted by Gasteiger charge is 2.21. The molecule has 0 unspecified atom stereocenters. The molecule has 4 nitrogen and oxygen atoms in total. The van der Waals surface area contributed by atoms with Gasteiger partial charge in [0.05, 0.1) is 27.9 Å². The first kappa shape index (κ1) is 32.2. The van der Waals surface area contributed by atoms with Gasteiger partial charge in [-0.3, -0.25) is 0 Å². The Morgan fingerprint density at radius 3 is 1.62 bits per heavy atom. The summed E-state index contributed by atoms with van der Waals surface area (Å²) in [5, 5.41) is 3.77. The van der Waals surface area contributed by atoms with E-state index in [1.165, 1.54) is 49.5 Å². The zero-order chi connectivity index (χ0) is 37.0. The lowest BCUT2D eigenvalue weighted by Crippen LogP contribution is -2.04. The zero-order valence-electron chi connectivity index (χ0n) is 30.7. The minimum atomic E-state index is 0.693. The molecule has 264 valence electrons. The van der Waals surface area contributed by atoms with Gasteiger partial charge < -0.3 is 9.13 Å². The summed E-state index contributed by atoms with van der Waals surface area (Å²) in [6, 6.07) is 64.9. The van der Waals surface area contributed by atoms with Crippen molar-refractivity contribution >= 4 is 38.8 Å². The molecule has 0 saturated heterocycles. The van der Waals surface area contributed by atoms with E-state index >= 15 is 0 Å². The van der Waals surface area contributed by atoms with Crippen LogP contribution in [0.2, 0.25) is 0 Å². The van der Waals surface area contributed by atoms with Crippen LogP contribution in [0.3, 0.4) is 0 Å². The molecule has 0 N–H and O–H groups in total. The Bertz CT molecular complexity index is 3080. The fourth-order valence-corrected chi connectivity index (χ4v) is 8.62. The number of nitrogens with zero attached hydrogens (tertiary/aromatic N) is 4. The number of aromatic nitrogens is 4. The fourth-order valence-electron chi connectivity index (χ4n) is 8.62. The van der Waals surface area contributed by atoms with Gasteiger partial charge in [0.15, 0.2) is 5.82 Å². The molecule has 4 heteroatoms. The molecule has 11 rings (SSSR count). The minimum absolute atomic E-state index is 0.693. The summed E-state index contributed by atoms with van der Waals surface area (Å²) in [5.41, 5.74) is 15.5. The van der Waals surface area contributed by atoms with Crippen LogP contribution in [0.15, 0.2) is 188 Å². The van der Waals surface area contributed by atoms with E-state index in [1.807, 2.05) is 6.07 Å². The molecule has 10 aromatic rings. The molecule has 56 heavy (non-hydrogen) atoms. The van der Waals surface area contributed by atoms with Crippen LogP contribution < -0.4 is 0 Å². The van der Waals surface area contributed by atoms with Crippen molar-refractivity contribution in [1.29, 1.82) is 0 Å². The number of hydrogen-bond acceptors (Lipinski definition) is 2. The van der Waals surface area contributed by atoms with Gasteiger partial charge in [0, 0.05) is 49.9 Å². The fraction of sp³-hybridized carbons (Fsp3) is 0.0385. The normalized spacial score (nSPS) is 12.4. The van der Waals surface area contributed by atoms with E-state index in [4.69, 9.17) is 9.97 Å². The third kappa shape index (κ3) is 5.38. The SMILES string of the molecule is C1=Cc2c(c3ccccc3n2-c2cc(-c3cc(-c4cccc(-c5ccccc5)c4)nc(-c4ccccc4)n3)cc(-n3c4ccccc4c4ccccc43)c2)CC1. The molecular formula is C52H36N4. The summed E-state index contributed by atoms with van der Waals surface area (Å²) in [5.74, 6) is 0.693. The Hall–Kier alpha value is -7.30. The van der Waals surface area contributed by atoms with Crippen LogP contribution in [0.1, 0.15) is 17.7 Å². The summed E-state index contributed by atoms with van der Waals surface area (Å²) in [6.07, 6.45) is 6.69. The van der Waals surface area contributed by atoms with Gasteiger partial charge in [-0.25, -0.2) is 9.97 Å². The van der Waals surface area contributed by atoms with Gasteiger partial charge >= 0.3 is 0 Å². The number of allylic oxidation sites excluding steroid dienone is 1. The summed E-state index contributed by atoms with van der Waals surface area (Å²) in [7, 11) is 0. The standard InChI is InChI=1S/C52H36N4/c1-3-16-35(17-4-1)37-20-15-21-38(30-37)46-34-47(54-52(53-46)36-18-5-2-6-19-36)39-31-40(55-48-26-11-7-22-42(48)43-23-8-12-27-49(43)55)33-41(32-39)56-50-28-13-9-24-44(50)45-25-10-14-29-51(45)56/h1-9,11-24,26-34H,10,25H2. The van der Waals surface area contributed by atoms with Crippen LogP contribution in [0.25, 0.3) is 95.2 Å². The molecule has 0 spiro atoms. The first-order valence-electron chi connectivity index (χ1n) is 19.3. The monoisotopic (exact) mass is 716 g/mol. The van der Waals surface area contributed by atoms with Crippen LogP contribution in [0, 0.1) is 0 Å². The lowest BCUT2D eigenvalue weighted by Gasteiger charge is -2.17. The summed E-state index contributed by atoms with van der Waals surface area (Å²) < 4.78 is 4.86. The van der Waals surface area contributed by atoms with Crippen LogP contribution in [0.5, 0.6) is 0 Å². The van der Waals surface area contributed by atoms with E-state index in [2.05, 4.69) is 197 Å². The van der Waals surface area contributed by atoms with Gasteiger partial charge in [0.25, 0.3) is 0 Å². The minimum Gasteiger partial charge on any atom is -0.309 e. The third-order valence-corrected chi connectivity index (χ3v) is 11.2. The molecule has 7 aromatic carbocycles. The Balaban J connectivity index is 1.20. The maximum Gasteiger partial charge on any atom is 0.160 e. The van der Waals surface area contributed by atoms with Crippen LogP contribution in [-0.4, -0.2) is 19.1 Å². The first-order chi connectivity index (χ1) is 27.8. The van der Waals surface area contributed by atoms with Gasteiger partial charge in [-0.2, -0.15) is 0 Å². The Morgan fingerprint density at radius 1 is 0.393 bits per heavy atom. The maximum atomic E-state index is 5.36. The molecule has 3 aromatic heterocycles. The van der Waals surface area contributed by atoms with Crippen molar-refractivity contribution < 1.29 is 0 Å². The topological polar surface area (TPSA) is 35.6 Å². The van der Waals surface area contributed by atoms with Crippen molar-refractivity contribution in [3.05, 3.63) is 199 Å². The van der Waals surface area contributed by atoms with Crippen molar-refractivity contribution in [3.8, 4) is 56.4 Å². The molecule has 0 saturated carbocycles. The molecule has 0 fully saturated rings. The average molecular weight is 717 g/mol. The highest BCUT2D eigenvalue weighted by atomic mass is 15.0. The van der Waals surface area contributed by atoms with E-state index in [-0.39, 0.29) is 0 Å². The average Bonchev–Trinajstić information content (AvgIpc) is 3.80. The number of rotatable bonds is 6. The van der Waals surface area contributed by atoms with E-state index < -0.39 is 0 Å². The van der Waals surface area contributed by atoms with E-state index in [0.29, 0.717) is 5.82 Å². The van der Waals surface area contributed by atoms with Gasteiger partial charge in [0.1, 0.15) is 0 Å². The van der Waals surface area contributed by atoms with Gasteiger partial charge in [-0.15, -0.1) is 0 Å². The number of hydrogen-bond donors (Lipinski definition) is 0. The van der Waals surface area contributed by atoms with Crippen molar-refractivity contribution in [2.45, 2.75) is 12.8 Å². The largest absolute Gasteiger partial charge is 0.309 e. The highest BCUT2D eigenvalue weighted by Crippen LogP contribution is 2.39. The predicted molar refractivity (Wildman–Crippen MR) is 232 cm³/mol. The highest BCUT2D eigenvalue weighted by molar-refractivity contribution is 6.09. The second-order valence-corrected chi connectivity index (χ2v) is 14.5. The molecule has 3 heterocycles. The quantitative estimate of drug-likeness (QED) is 0.172. The zero-order valence-corrected chi connectivity index (χ0v) is 30.7. The number of benzene rings is 7. The lowest BCUT2D eigenvalue weighted by molar-refractivity contribution is 0.966. The molecule has 0 aliphatic heterocycles. The Kier molecular flexibility index (Phi) is 7.59. The molecule has 0 radical (unpaired) electrons. The van der Waals surface area contributed by atoms with Gasteiger partial charge in [-0.05, 0) is 84.1 Å². The van der Waals surface area contributed by atoms with Crippen molar-refractivity contribution in [2.24, 2.45) is 0 Å². The molecule has 0 atom stereocenters. The molecular weight excluding hydrogens is 681 g/mol. The lowest BCUT2D eigenvalue weighted by atomic mass is 10.00. The van der Waals surface area contributed by atoms with Crippen LogP contribution in [0.4, 0.5) is 0 Å². The van der Waals surface area contributed by atoms with Crippen molar-refractivity contribution in [3.63, 3.8) is 0 Å². The van der Waals surface area contributed by atoms with E-state index in [9.17, 15) is 0 Å². The number of aryl methyl sites for hydroxylation is 1.